The van der Waals surface area contributed by atoms with Gasteiger partial charge < -0.3 is 20.1 Å². The standard InChI is InChI=1S/C8H11N3O2S.Na/c12-7(13)6-5-10-8(14-6)11-3-1-9-2-4-11;/h5,9H,1-4H2,(H,12,13);/q;+1/p-1. The average molecular weight is 235 g/mol. The minimum atomic E-state index is -1.15. The van der Waals surface area contributed by atoms with Crippen LogP contribution in [0.25, 0.3) is 0 Å². The van der Waals surface area contributed by atoms with Crippen molar-refractivity contribution in [3.63, 3.8) is 0 Å². The number of carbonyl (C=O) groups excluding carboxylic acids is 1. The van der Waals surface area contributed by atoms with Crippen molar-refractivity contribution in [2.45, 2.75) is 0 Å². The van der Waals surface area contributed by atoms with Gasteiger partial charge in [0.05, 0.1) is 10.8 Å². The van der Waals surface area contributed by atoms with Crippen LogP contribution < -0.4 is 44.9 Å². The van der Waals surface area contributed by atoms with Gasteiger partial charge >= 0.3 is 29.6 Å². The first-order valence-corrected chi connectivity index (χ1v) is 5.22. The number of rotatable bonds is 2. The van der Waals surface area contributed by atoms with E-state index >= 15 is 0 Å². The maximum absolute atomic E-state index is 10.5. The molecule has 1 aliphatic heterocycles. The Kier molecular flexibility index (Phi) is 5.01. The Labute approximate surface area is 114 Å². The smallest absolute Gasteiger partial charge is 0.544 e. The van der Waals surface area contributed by atoms with Crippen molar-refractivity contribution in [2.75, 3.05) is 31.1 Å². The molecule has 1 aromatic rings. The van der Waals surface area contributed by atoms with E-state index in [0.29, 0.717) is 0 Å². The summed E-state index contributed by atoms with van der Waals surface area (Å²) in [4.78, 5) is 16.9. The van der Waals surface area contributed by atoms with Crippen molar-refractivity contribution in [3.05, 3.63) is 11.1 Å². The van der Waals surface area contributed by atoms with Gasteiger partial charge in [-0.3, -0.25) is 0 Å². The molecule has 1 fully saturated rings. The Bertz CT molecular complexity index is 338. The molecule has 0 aliphatic carbocycles. The summed E-state index contributed by atoms with van der Waals surface area (Å²) in [5.74, 6) is -1.15. The molecule has 0 radical (unpaired) electrons. The number of aromatic nitrogens is 1. The summed E-state index contributed by atoms with van der Waals surface area (Å²) in [5, 5.41) is 14.5. The Balaban J connectivity index is 0.00000112. The van der Waals surface area contributed by atoms with Crippen LogP contribution in [0, 0.1) is 0 Å². The number of nitrogens with zero attached hydrogens (tertiary/aromatic N) is 2. The van der Waals surface area contributed by atoms with E-state index in [-0.39, 0.29) is 34.4 Å². The summed E-state index contributed by atoms with van der Waals surface area (Å²) in [7, 11) is 0. The second-order valence-corrected chi connectivity index (χ2v) is 4.04. The molecule has 5 nitrogen and oxygen atoms in total. The van der Waals surface area contributed by atoms with Gasteiger partial charge in [-0.25, -0.2) is 4.98 Å². The van der Waals surface area contributed by atoms with E-state index < -0.39 is 5.97 Å². The number of hydrogen-bond donors (Lipinski definition) is 1. The van der Waals surface area contributed by atoms with Crippen molar-refractivity contribution in [1.82, 2.24) is 10.3 Å². The monoisotopic (exact) mass is 235 g/mol. The molecule has 1 saturated heterocycles. The van der Waals surface area contributed by atoms with Crippen LogP contribution in [0.15, 0.2) is 6.20 Å². The largest absolute Gasteiger partial charge is 1.00 e. The zero-order valence-electron chi connectivity index (χ0n) is 8.52. The average Bonchev–Trinajstić information content (AvgIpc) is 2.68. The van der Waals surface area contributed by atoms with E-state index in [2.05, 4.69) is 15.2 Å². The van der Waals surface area contributed by atoms with E-state index in [1.165, 1.54) is 17.5 Å². The van der Waals surface area contributed by atoms with E-state index in [9.17, 15) is 9.90 Å². The van der Waals surface area contributed by atoms with Crippen molar-refractivity contribution in [2.24, 2.45) is 0 Å². The zero-order valence-corrected chi connectivity index (χ0v) is 11.3. The zero-order chi connectivity index (χ0) is 9.97. The SMILES string of the molecule is O=C([O-])c1cnc(N2CCNCC2)s1.[Na+]. The number of carboxylic acids is 1. The fourth-order valence-electron chi connectivity index (χ4n) is 1.36. The van der Waals surface area contributed by atoms with Gasteiger partial charge in [0.1, 0.15) is 0 Å². The number of hydrogen-bond acceptors (Lipinski definition) is 6. The Morgan fingerprint density at radius 3 is 2.73 bits per heavy atom. The molecule has 2 heterocycles. The number of thiazole rings is 1. The number of piperazine rings is 1. The maximum atomic E-state index is 10.5. The van der Waals surface area contributed by atoms with Crippen LogP contribution in [0.2, 0.25) is 0 Å². The van der Waals surface area contributed by atoms with Crippen molar-refractivity contribution in [3.8, 4) is 0 Å². The molecule has 1 aliphatic rings. The predicted molar refractivity (Wildman–Crippen MR) is 51.5 cm³/mol. The molecule has 0 amide bonds. The molecule has 15 heavy (non-hydrogen) atoms. The molecule has 2 rings (SSSR count). The maximum Gasteiger partial charge on any atom is 1.00 e. The molecular weight excluding hydrogens is 225 g/mol. The molecule has 0 bridgehead atoms. The van der Waals surface area contributed by atoms with Crippen molar-refractivity contribution in [1.29, 1.82) is 0 Å². The molecule has 0 atom stereocenters. The van der Waals surface area contributed by atoms with E-state index in [1.54, 1.807) is 0 Å². The second-order valence-electron chi connectivity index (χ2n) is 3.03. The summed E-state index contributed by atoms with van der Waals surface area (Å²) in [5.41, 5.74) is 0. The van der Waals surface area contributed by atoms with Gasteiger partial charge in [0.25, 0.3) is 0 Å². The molecule has 0 saturated carbocycles. The molecule has 0 spiro atoms. The van der Waals surface area contributed by atoms with Gasteiger partial charge in [0, 0.05) is 32.4 Å². The first-order valence-electron chi connectivity index (χ1n) is 4.40. The van der Waals surface area contributed by atoms with Crippen LogP contribution >= 0.6 is 11.3 Å². The summed E-state index contributed by atoms with van der Waals surface area (Å²) in [6.07, 6.45) is 1.36. The van der Waals surface area contributed by atoms with Gasteiger partial charge in [-0.1, -0.05) is 11.3 Å². The molecule has 1 aromatic heterocycles. The number of nitrogens with one attached hydrogen (secondary N) is 1. The predicted octanol–water partition coefficient (Wildman–Crippen LogP) is -4.08. The van der Waals surface area contributed by atoms with Gasteiger partial charge in [-0.05, 0) is 0 Å². The van der Waals surface area contributed by atoms with Crippen LogP contribution in [-0.2, 0) is 0 Å². The second kappa shape index (κ2) is 5.81. The van der Waals surface area contributed by atoms with E-state index in [4.69, 9.17) is 0 Å². The van der Waals surface area contributed by atoms with Crippen molar-refractivity contribution < 1.29 is 39.5 Å². The first-order chi connectivity index (χ1) is 6.77. The Hall–Kier alpha value is -0.140. The van der Waals surface area contributed by atoms with E-state index in [1.807, 2.05) is 0 Å². The van der Waals surface area contributed by atoms with Crippen LogP contribution in [0.5, 0.6) is 0 Å². The van der Waals surface area contributed by atoms with Gasteiger partial charge in [-0.2, -0.15) is 0 Å². The molecule has 0 aromatic carbocycles. The van der Waals surface area contributed by atoms with E-state index in [0.717, 1.165) is 31.3 Å². The molecule has 7 heteroatoms. The number of carboxylic acid groups (broad SMARTS) is 1. The number of aromatic carboxylic acids is 1. The van der Waals surface area contributed by atoms with Crippen LogP contribution in [0.4, 0.5) is 5.13 Å². The third kappa shape index (κ3) is 3.15. The normalized spacial score (nSPS) is 15.9. The van der Waals surface area contributed by atoms with Gasteiger partial charge in [-0.15, -0.1) is 0 Å². The Morgan fingerprint density at radius 1 is 1.53 bits per heavy atom. The quantitative estimate of drug-likeness (QED) is 0.528. The molecule has 0 unspecified atom stereocenters. The van der Waals surface area contributed by atoms with Crippen LogP contribution in [-0.4, -0.2) is 37.1 Å². The fraction of sp³-hybridized carbons (Fsp3) is 0.500. The van der Waals surface area contributed by atoms with Gasteiger partial charge in [0.2, 0.25) is 0 Å². The Morgan fingerprint density at radius 2 is 2.20 bits per heavy atom. The summed E-state index contributed by atoms with van der Waals surface area (Å²) in [6.45, 7) is 3.58. The minimum Gasteiger partial charge on any atom is -0.544 e. The molecule has 1 N–H and O–H groups in total. The number of carbonyl (C=O) groups is 1. The molecular formula is C8H10N3NaO2S. The summed E-state index contributed by atoms with van der Waals surface area (Å²) < 4.78 is 0. The van der Waals surface area contributed by atoms with Crippen molar-refractivity contribution >= 4 is 22.4 Å². The summed E-state index contributed by atoms with van der Waals surface area (Å²) >= 11 is 1.17. The minimum absolute atomic E-state index is 0. The number of anilines is 1. The van der Waals surface area contributed by atoms with Crippen LogP contribution in [0.1, 0.15) is 9.67 Å². The summed E-state index contributed by atoms with van der Waals surface area (Å²) in [6, 6.07) is 0. The first kappa shape index (κ1) is 12.9. The van der Waals surface area contributed by atoms with Crippen LogP contribution in [0.3, 0.4) is 0 Å². The third-order valence-electron chi connectivity index (χ3n) is 2.08. The third-order valence-corrected chi connectivity index (χ3v) is 3.12. The van der Waals surface area contributed by atoms with Gasteiger partial charge in [0.15, 0.2) is 5.13 Å². The topological polar surface area (TPSA) is 68.3 Å². The fourth-order valence-corrected chi connectivity index (χ4v) is 2.16. The molecule has 76 valence electrons.